The lowest BCUT2D eigenvalue weighted by Crippen LogP contribution is -2.25. The lowest BCUT2D eigenvalue weighted by atomic mass is 10.0. The minimum Gasteiger partial charge on any atom is -0.315 e. The summed E-state index contributed by atoms with van der Waals surface area (Å²) in [6.45, 7) is 3.80. The van der Waals surface area contributed by atoms with Crippen molar-refractivity contribution in [3.05, 3.63) is 77.5 Å². The highest BCUT2D eigenvalue weighted by atomic mass is 19.1. The second-order valence-electron chi connectivity index (χ2n) is 7.15. The summed E-state index contributed by atoms with van der Waals surface area (Å²) >= 11 is 0. The quantitative estimate of drug-likeness (QED) is 0.419. The molecule has 0 radical (unpaired) electrons. The molecule has 0 aliphatic rings. The molecule has 0 fully saturated rings. The number of hydrogen-bond donors (Lipinski definition) is 0. The normalized spacial score (nSPS) is 10.7. The highest BCUT2D eigenvalue weighted by molar-refractivity contribution is 5.96. The van der Waals surface area contributed by atoms with E-state index in [0.29, 0.717) is 24.8 Å². The van der Waals surface area contributed by atoms with E-state index in [9.17, 15) is 14.0 Å². The van der Waals surface area contributed by atoms with Gasteiger partial charge in [0.05, 0.1) is 5.69 Å². The molecule has 1 aromatic carbocycles. The standard InChI is InChI=1S/C24H24FN3O2/c1-4-24(30)28(3)21-10-8-18(13-16(21)2)20-9-7-19(15-26-20)22(29)11-5-17-6-12-23(25)27-14-17/h6-10,12-15H,4-5,11H2,1-3H3. The summed E-state index contributed by atoms with van der Waals surface area (Å²) < 4.78 is 12.9. The number of aromatic nitrogens is 2. The van der Waals surface area contributed by atoms with Crippen LogP contribution in [0, 0.1) is 12.9 Å². The van der Waals surface area contributed by atoms with Crippen molar-refractivity contribution in [1.29, 1.82) is 0 Å². The number of halogens is 1. The molecule has 0 saturated heterocycles. The molecule has 0 saturated carbocycles. The van der Waals surface area contributed by atoms with Crippen LogP contribution in [-0.2, 0) is 11.2 Å². The first kappa shape index (κ1) is 21.3. The highest BCUT2D eigenvalue weighted by Crippen LogP contribution is 2.26. The zero-order valence-corrected chi connectivity index (χ0v) is 17.4. The fraction of sp³-hybridized carbons (Fsp3) is 0.250. The van der Waals surface area contributed by atoms with Gasteiger partial charge in [-0.05, 0) is 54.8 Å². The third kappa shape index (κ3) is 4.95. The number of carbonyl (C=O) groups excluding carboxylic acids is 2. The molecule has 3 aromatic rings. The van der Waals surface area contributed by atoms with Gasteiger partial charge in [-0.25, -0.2) is 4.98 Å². The van der Waals surface area contributed by atoms with Crippen LogP contribution >= 0.6 is 0 Å². The van der Waals surface area contributed by atoms with Crippen molar-refractivity contribution in [2.45, 2.75) is 33.1 Å². The summed E-state index contributed by atoms with van der Waals surface area (Å²) in [6, 6.07) is 12.3. The number of nitrogens with zero attached hydrogens (tertiary/aromatic N) is 3. The largest absolute Gasteiger partial charge is 0.315 e. The molecule has 0 aliphatic carbocycles. The molecule has 3 rings (SSSR count). The van der Waals surface area contributed by atoms with Gasteiger partial charge in [-0.2, -0.15) is 4.39 Å². The van der Waals surface area contributed by atoms with Crippen LogP contribution in [0.3, 0.4) is 0 Å². The fourth-order valence-electron chi connectivity index (χ4n) is 3.25. The van der Waals surface area contributed by atoms with Gasteiger partial charge in [-0.3, -0.25) is 14.6 Å². The minimum atomic E-state index is -0.531. The van der Waals surface area contributed by atoms with Crippen LogP contribution in [-0.4, -0.2) is 28.7 Å². The Kier molecular flexibility index (Phi) is 6.67. The number of aryl methyl sites for hydroxylation is 2. The molecule has 2 heterocycles. The van der Waals surface area contributed by atoms with Crippen molar-refractivity contribution in [3.63, 3.8) is 0 Å². The van der Waals surface area contributed by atoms with Gasteiger partial charge < -0.3 is 4.90 Å². The molecular weight excluding hydrogens is 381 g/mol. The predicted molar refractivity (Wildman–Crippen MR) is 115 cm³/mol. The number of benzene rings is 1. The van der Waals surface area contributed by atoms with Crippen molar-refractivity contribution in [2.24, 2.45) is 0 Å². The molecule has 0 atom stereocenters. The maximum atomic E-state index is 12.9. The van der Waals surface area contributed by atoms with Crippen LogP contribution < -0.4 is 4.90 Å². The maximum Gasteiger partial charge on any atom is 0.226 e. The van der Waals surface area contributed by atoms with Crippen LogP contribution in [0.5, 0.6) is 0 Å². The summed E-state index contributed by atoms with van der Waals surface area (Å²) in [7, 11) is 1.77. The first-order valence-electron chi connectivity index (χ1n) is 9.86. The van der Waals surface area contributed by atoms with Crippen molar-refractivity contribution in [3.8, 4) is 11.3 Å². The summed E-state index contributed by atoms with van der Waals surface area (Å²) in [5, 5.41) is 0. The van der Waals surface area contributed by atoms with Crippen molar-refractivity contribution in [2.75, 3.05) is 11.9 Å². The van der Waals surface area contributed by atoms with E-state index in [4.69, 9.17) is 0 Å². The number of carbonyl (C=O) groups is 2. The monoisotopic (exact) mass is 405 g/mol. The Morgan fingerprint density at radius 3 is 2.43 bits per heavy atom. The summed E-state index contributed by atoms with van der Waals surface area (Å²) in [4.78, 5) is 34.1. The lowest BCUT2D eigenvalue weighted by Gasteiger charge is -2.19. The molecule has 0 spiro atoms. The van der Waals surface area contributed by atoms with Crippen molar-refractivity contribution < 1.29 is 14.0 Å². The smallest absolute Gasteiger partial charge is 0.226 e. The Morgan fingerprint density at radius 2 is 1.83 bits per heavy atom. The van der Waals surface area contributed by atoms with Gasteiger partial charge in [0, 0.05) is 49.1 Å². The van der Waals surface area contributed by atoms with Gasteiger partial charge in [0.2, 0.25) is 11.9 Å². The first-order valence-corrected chi connectivity index (χ1v) is 9.86. The first-order chi connectivity index (χ1) is 14.4. The summed E-state index contributed by atoms with van der Waals surface area (Å²) in [5.41, 5.74) is 4.88. The van der Waals surface area contributed by atoms with Crippen LogP contribution in [0.1, 0.15) is 41.3 Å². The average molecular weight is 405 g/mol. The summed E-state index contributed by atoms with van der Waals surface area (Å²) in [6.07, 6.45) is 4.28. The molecule has 0 N–H and O–H groups in total. The van der Waals surface area contributed by atoms with E-state index in [1.807, 2.05) is 38.1 Å². The number of hydrogen-bond acceptors (Lipinski definition) is 4. The Labute approximate surface area is 175 Å². The zero-order valence-electron chi connectivity index (χ0n) is 17.4. The zero-order chi connectivity index (χ0) is 21.7. The van der Waals surface area contributed by atoms with E-state index < -0.39 is 5.95 Å². The predicted octanol–water partition coefficient (Wildman–Crippen LogP) is 4.78. The molecular formula is C24H24FN3O2. The van der Waals surface area contributed by atoms with E-state index in [1.165, 1.54) is 12.3 Å². The Hall–Kier alpha value is -3.41. The number of rotatable bonds is 7. The van der Waals surface area contributed by atoms with Crippen LogP contribution in [0.4, 0.5) is 10.1 Å². The van der Waals surface area contributed by atoms with Gasteiger partial charge in [-0.1, -0.05) is 19.1 Å². The number of anilines is 1. The van der Waals surface area contributed by atoms with Gasteiger partial charge in [-0.15, -0.1) is 0 Å². The molecule has 5 nitrogen and oxygen atoms in total. The SMILES string of the molecule is CCC(=O)N(C)c1ccc(-c2ccc(C(=O)CCc3ccc(F)nc3)cn2)cc1C. The van der Waals surface area contributed by atoms with Gasteiger partial charge in [0.1, 0.15) is 0 Å². The summed E-state index contributed by atoms with van der Waals surface area (Å²) in [5.74, 6) is -0.496. The van der Waals surface area contributed by atoms with Crippen molar-refractivity contribution >= 4 is 17.4 Å². The number of ketones is 1. The third-order valence-electron chi connectivity index (χ3n) is 5.05. The second kappa shape index (κ2) is 9.39. The number of Topliss-reactive ketones (excluding diaryl/α,β-unsaturated/α-hetero) is 1. The minimum absolute atomic E-state index is 0.0235. The maximum absolute atomic E-state index is 12.9. The van der Waals surface area contributed by atoms with Crippen LogP contribution in [0.2, 0.25) is 0 Å². The second-order valence-corrected chi connectivity index (χ2v) is 7.15. The molecule has 30 heavy (non-hydrogen) atoms. The van der Waals surface area contributed by atoms with E-state index in [1.54, 1.807) is 30.3 Å². The number of amides is 1. The Balaban J connectivity index is 1.69. The number of pyridine rings is 2. The highest BCUT2D eigenvalue weighted by Gasteiger charge is 2.13. The topological polar surface area (TPSA) is 63.2 Å². The van der Waals surface area contributed by atoms with Crippen LogP contribution in [0.25, 0.3) is 11.3 Å². The molecule has 0 unspecified atom stereocenters. The van der Waals surface area contributed by atoms with E-state index in [0.717, 1.165) is 28.1 Å². The van der Waals surface area contributed by atoms with Gasteiger partial charge in [0.15, 0.2) is 5.78 Å². The molecule has 0 bridgehead atoms. The molecule has 0 aliphatic heterocycles. The Bertz CT molecular complexity index is 1050. The lowest BCUT2D eigenvalue weighted by molar-refractivity contribution is -0.118. The molecule has 154 valence electrons. The van der Waals surface area contributed by atoms with Gasteiger partial charge in [0.25, 0.3) is 0 Å². The fourth-order valence-corrected chi connectivity index (χ4v) is 3.25. The molecule has 2 aromatic heterocycles. The molecule has 6 heteroatoms. The van der Waals surface area contributed by atoms with E-state index in [2.05, 4.69) is 9.97 Å². The van der Waals surface area contributed by atoms with E-state index in [-0.39, 0.29) is 11.7 Å². The van der Waals surface area contributed by atoms with Crippen molar-refractivity contribution in [1.82, 2.24) is 9.97 Å². The van der Waals surface area contributed by atoms with E-state index >= 15 is 0 Å². The molecule has 1 amide bonds. The third-order valence-corrected chi connectivity index (χ3v) is 5.05. The Morgan fingerprint density at radius 1 is 1.03 bits per heavy atom. The van der Waals surface area contributed by atoms with Crippen LogP contribution in [0.15, 0.2) is 54.9 Å². The van der Waals surface area contributed by atoms with Gasteiger partial charge >= 0.3 is 0 Å². The average Bonchev–Trinajstić information content (AvgIpc) is 2.77.